The van der Waals surface area contributed by atoms with Crippen LogP contribution < -0.4 is 20.5 Å². The number of carbonyl (C=O) groups excluding carboxylic acids is 1. The maximum atomic E-state index is 13.0. The van der Waals surface area contributed by atoms with Crippen LogP contribution in [-0.4, -0.2) is 30.1 Å². The fraction of sp³-hybridized carbons (Fsp3) is 0.0800. The van der Waals surface area contributed by atoms with Gasteiger partial charge in [0, 0.05) is 21.9 Å². The lowest BCUT2D eigenvalue weighted by atomic mass is 10.1. The zero-order valence-electron chi connectivity index (χ0n) is 18.4. The number of anilines is 2. The van der Waals surface area contributed by atoms with E-state index in [0.717, 1.165) is 39.4 Å². The summed E-state index contributed by atoms with van der Waals surface area (Å²) in [4.78, 5) is 23.4. The van der Waals surface area contributed by atoms with Crippen molar-refractivity contribution in [1.29, 1.82) is 0 Å². The number of nitrogens with one attached hydrogen (secondary N) is 1. The average Bonchev–Trinajstić information content (AvgIpc) is 3.48. The Hall–Kier alpha value is -3.95. The van der Waals surface area contributed by atoms with Gasteiger partial charge in [-0.3, -0.25) is 10.1 Å². The summed E-state index contributed by atoms with van der Waals surface area (Å²) < 4.78 is 10.4. The molecule has 3 aromatic heterocycles. The first kappa shape index (κ1) is 21.9. The smallest absolute Gasteiger partial charge is 0.269 e. The molecule has 7 nitrogen and oxygen atoms in total. The summed E-state index contributed by atoms with van der Waals surface area (Å²) in [5.74, 6) is 1.25. The number of aromatic nitrogens is 2. The van der Waals surface area contributed by atoms with Gasteiger partial charge in [-0.2, -0.15) is 0 Å². The highest BCUT2D eigenvalue weighted by Gasteiger charge is 2.19. The van der Waals surface area contributed by atoms with Gasteiger partial charge in [-0.15, -0.1) is 22.7 Å². The molecule has 3 N–H and O–H groups in total. The zero-order valence-corrected chi connectivity index (χ0v) is 20.0. The van der Waals surface area contributed by atoms with Crippen molar-refractivity contribution in [3.05, 3.63) is 70.9 Å². The number of fused-ring (bicyclic) bond motifs is 1. The van der Waals surface area contributed by atoms with Crippen molar-refractivity contribution < 1.29 is 14.3 Å². The zero-order chi connectivity index (χ0) is 23.7. The Morgan fingerprint density at radius 2 is 1.47 bits per heavy atom. The summed E-state index contributed by atoms with van der Waals surface area (Å²) in [6.07, 6.45) is 0. The normalized spacial score (nSPS) is 10.9. The van der Waals surface area contributed by atoms with Crippen LogP contribution in [0, 0.1) is 0 Å². The van der Waals surface area contributed by atoms with Crippen LogP contribution in [0.1, 0.15) is 9.67 Å². The van der Waals surface area contributed by atoms with Crippen LogP contribution >= 0.6 is 22.7 Å². The molecule has 0 bridgehead atoms. The molecule has 0 saturated heterocycles. The number of ether oxygens (including phenoxy) is 2. The lowest BCUT2D eigenvalue weighted by Gasteiger charge is -2.03. The van der Waals surface area contributed by atoms with Gasteiger partial charge < -0.3 is 15.2 Å². The van der Waals surface area contributed by atoms with Gasteiger partial charge in [0.05, 0.1) is 31.3 Å². The quantitative estimate of drug-likeness (QED) is 0.307. The van der Waals surface area contributed by atoms with Crippen molar-refractivity contribution in [2.24, 2.45) is 0 Å². The molecule has 0 saturated carbocycles. The molecule has 0 aliphatic carbocycles. The summed E-state index contributed by atoms with van der Waals surface area (Å²) in [6, 6.07) is 19.1. The van der Waals surface area contributed by atoms with Gasteiger partial charge in [0.25, 0.3) is 5.91 Å². The minimum atomic E-state index is -0.304. The molecule has 9 heteroatoms. The number of nitrogen functional groups attached to an aromatic ring is 1. The molecule has 2 aromatic carbocycles. The van der Waals surface area contributed by atoms with Gasteiger partial charge in [-0.25, -0.2) is 9.97 Å². The summed E-state index contributed by atoms with van der Waals surface area (Å²) in [5, 5.41) is 6.02. The van der Waals surface area contributed by atoms with E-state index >= 15 is 0 Å². The number of thiophene rings is 1. The molecule has 0 spiro atoms. The summed E-state index contributed by atoms with van der Waals surface area (Å²) in [5.41, 5.74) is 10.2. The Balaban J connectivity index is 1.37. The lowest BCUT2D eigenvalue weighted by molar-refractivity contribution is 0.103. The third-order valence-electron chi connectivity index (χ3n) is 5.30. The molecule has 3 heterocycles. The first-order valence-corrected chi connectivity index (χ1v) is 12.0. The largest absolute Gasteiger partial charge is 0.497 e. The Morgan fingerprint density at radius 3 is 2.09 bits per heavy atom. The van der Waals surface area contributed by atoms with Crippen LogP contribution in [-0.2, 0) is 0 Å². The van der Waals surface area contributed by atoms with E-state index in [2.05, 4.69) is 10.3 Å². The molecular weight excluding hydrogens is 468 g/mol. The molecule has 5 rings (SSSR count). The second-order valence-corrected chi connectivity index (χ2v) is 9.20. The maximum absolute atomic E-state index is 13.0. The van der Waals surface area contributed by atoms with Crippen molar-refractivity contribution in [2.45, 2.75) is 0 Å². The van der Waals surface area contributed by atoms with Gasteiger partial charge in [-0.1, -0.05) is 0 Å². The van der Waals surface area contributed by atoms with Crippen LogP contribution in [0.15, 0.2) is 66.0 Å². The molecule has 0 fully saturated rings. The monoisotopic (exact) mass is 488 g/mol. The molecular formula is C25H20N4O3S2. The number of nitrogens with zero attached hydrogens (tertiary/aromatic N) is 2. The Bertz CT molecular complexity index is 1470. The van der Waals surface area contributed by atoms with Crippen molar-refractivity contribution >= 4 is 49.6 Å². The number of amides is 1. The fourth-order valence-corrected chi connectivity index (χ4v) is 5.17. The third kappa shape index (κ3) is 4.18. The predicted molar refractivity (Wildman–Crippen MR) is 138 cm³/mol. The number of carbonyl (C=O) groups is 1. The Morgan fingerprint density at radius 1 is 0.853 bits per heavy atom. The lowest BCUT2D eigenvalue weighted by Crippen LogP contribution is -2.11. The van der Waals surface area contributed by atoms with Gasteiger partial charge in [0.1, 0.15) is 21.2 Å². The molecule has 0 aliphatic rings. The number of nitrogens with two attached hydrogens (primary N) is 1. The first-order valence-electron chi connectivity index (χ1n) is 10.3. The topological polar surface area (TPSA) is 99.4 Å². The van der Waals surface area contributed by atoms with Gasteiger partial charge in [0.15, 0.2) is 5.13 Å². The summed E-state index contributed by atoms with van der Waals surface area (Å²) >= 11 is 2.62. The molecule has 1 amide bonds. The minimum Gasteiger partial charge on any atom is -0.497 e. The van der Waals surface area contributed by atoms with E-state index in [1.54, 1.807) is 14.2 Å². The standard InChI is InChI=1S/C25H20N4O3S2/c1-31-16-7-3-14(4-8-16)19-12-11-18-21(26)22(34-24(18)27-19)23(30)29-25-28-20(13-33-25)15-5-9-17(32-2)10-6-15/h3-13H,26H2,1-2H3,(H,28,29,30). The summed E-state index contributed by atoms with van der Waals surface area (Å²) in [6.45, 7) is 0. The van der Waals surface area contributed by atoms with Crippen LogP contribution in [0.25, 0.3) is 32.7 Å². The third-order valence-corrected chi connectivity index (χ3v) is 7.17. The molecule has 0 aliphatic heterocycles. The van der Waals surface area contributed by atoms with E-state index in [1.165, 1.54) is 22.7 Å². The van der Waals surface area contributed by atoms with Crippen LogP contribution in [0.2, 0.25) is 0 Å². The van der Waals surface area contributed by atoms with E-state index in [4.69, 9.17) is 20.2 Å². The van der Waals surface area contributed by atoms with Gasteiger partial charge in [0.2, 0.25) is 0 Å². The summed E-state index contributed by atoms with van der Waals surface area (Å²) in [7, 11) is 3.26. The fourth-order valence-electron chi connectivity index (χ4n) is 3.47. The molecule has 5 aromatic rings. The van der Waals surface area contributed by atoms with Crippen LogP contribution in [0.3, 0.4) is 0 Å². The number of hydrogen-bond acceptors (Lipinski definition) is 8. The minimum absolute atomic E-state index is 0.304. The molecule has 34 heavy (non-hydrogen) atoms. The predicted octanol–water partition coefficient (Wildman–Crippen LogP) is 5.94. The van der Waals surface area contributed by atoms with Crippen molar-refractivity contribution in [3.63, 3.8) is 0 Å². The van der Waals surface area contributed by atoms with E-state index in [-0.39, 0.29) is 5.91 Å². The number of hydrogen-bond donors (Lipinski definition) is 2. The van der Waals surface area contributed by atoms with E-state index < -0.39 is 0 Å². The average molecular weight is 489 g/mol. The second kappa shape index (κ2) is 9.12. The first-order chi connectivity index (χ1) is 16.6. The number of pyridine rings is 1. The molecule has 0 unspecified atom stereocenters. The van der Waals surface area contributed by atoms with Crippen molar-refractivity contribution in [1.82, 2.24) is 9.97 Å². The second-order valence-electron chi connectivity index (χ2n) is 7.34. The van der Waals surface area contributed by atoms with E-state index in [9.17, 15) is 4.79 Å². The number of methoxy groups -OCH3 is 2. The molecule has 0 radical (unpaired) electrons. The van der Waals surface area contributed by atoms with Crippen LogP contribution in [0.5, 0.6) is 11.5 Å². The molecule has 170 valence electrons. The highest BCUT2D eigenvalue weighted by Crippen LogP contribution is 2.35. The Labute approximate surface area is 203 Å². The van der Waals surface area contributed by atoms with Gasteiger partial charge in [-0.05, 0) is 60.7 Å². The number of rotatable bonds is 6. The van der Waals surface area contributed by atoms with E-state index in [0.29, 0.717) is 20.5 Å². The van der Waals surface area contributed by atoms with Crippen molar-refractivity contribution in [2.75, 3.05) is 25.3 Å². The number of thiazole rings is 1. The number of benzene rings is 2. The highest BCUT2D eigenvalue weighted by molar-refractivity contribution is 7.21. The molecule has 0 atom stereocenters. The highest BCUT2D eigenvalue weighted by atomic mass is 32.1. The maximum Gasteiger partial charge on any atom is 0.269 e. The van der Waals surface area contributed by atoms with Gasteiger partial charge >= 0.3 is 0 Å². The Kier molecular flexibility index (Phi) is 5.87. The SMILES string of the molecule is COc1ccc(-c2csc(NC(=O)c3sc4nc(-c5ccc(OC)cc5)ccc4c3N)n2)cc1. The van der Waals surface area contributed by atoms with Crippen LogP contribution in [0.4, 0.5) is 10.8 Å². The van der Waals surface area contributed by atoms with Crippen molar-refractivity contribution in [3.8, 4) is 34.0 Å². The van der Waals surface area contributed by atoms with E-state index in [1.807, 2.05) is 66.0 Å².